The van der Waals surface area contributed by atoms with E-state index in [4.69, 9.17) is 4.74 Å². The van der Waals surface area contributed by atoms with Crippen LogP contribution in [0.4, 0.5) is 0 Å². The van der Waals surface area contributed by atoms with E-state index in [1.807, 2.05) is 37.3 Å². The molecule has 1 heterocycles. The molecule has 0 radical (unpaired) electrons. The Morgan fingerprint density at radius 2 is 2.00 bits per heavy atom. The molecule has 98 valence electrons. The van der Waals surface area contributed by atoms with Gasteiger partial charge in [-0.1, -0.05) is 30.3 Å². The Labute approximate surface area is 108 Å². The SMILES string of the molecule is C/C(=C/OCCC1CS(=O)(=O)C1)c1ccccc1. The number of rotatable bonds is 5. The van der Waals surface area contributed by atoms with Gasteiger partial charge in [0.25, 0.3) is 0 Å². The minimum Gasteiger partial charge on any atom is -0.501 e. The zero-order valence-electron chi connectivity index (χ0n) is 10.5. The van der Waals surface area contributed by atoms with Crippen LogP contribution < -0.4 is 0 Å². The molecule has 0 amide bonds. The van der Waals surface area contributed by atoms with Gasteiger partial charge >= 0.3 is 0 Å². The van der Waals surface area contributed by atoms with Gasteiger partial charge < -0.3 is 4.74 Å². The molecular formula is C14H18O3S. The Bertz CT molecular complexity index is 505. The first-order valence-electron chi connectivity index (χ1n) is 6.11. The lowest BCUT2D eigenvalue weighted by molar-refractivity contribution is 0.228. The van der Waals surface area contributed by atoms with Gasteiger partial charge in [-0.25, -0.2) is 8.42 Å². The minimum absolute atomic E-state index is 0.292. The van der Waals surface area contributed by atoms with Crippen molar-refractivity contribution in [2.75, 3.05) is 18.1 Å². The zero-order chi connectivity index (χ0) is 13.0. The van der Waals surface area contributed by atoms with E-state index in [2.05, 4.69) is 0 Å². The molecule has 0 atom stereocenters. The second-order valence-electron chi connectivity index (χ2n) is 4.77. The van der Waals surface area contributed by atoms with Gasteiger partial charge in [-0.05, 0) is 30.4 Å². The van der Waals surface area contributed by atoms with Crippen molar-refractivity contribution in [1.82, 2.24) is 0 Å². The first-order valence-corrected chi connectivity index (χ1v) is 7.93. The monoisotopic (exact) mass is 266 g/mol. The van der Waals surface area contributed by atoms with Gasteiger partial charge in [0.2, 0.25) is 0 Å². The Balaban J connectivity index is 1.72. The molecule has 3 nitrogen and oxygen atoms in total. The van der Waals surface area contributed by atoms with Crippen molar-refractivity contribution in [1.29, 1.82) is 0 Å². The molecule has 0 saturated carbocycles. The van der Waals surface area contributed by atoms with E-state index in [1.165, 1.54) is 0 Å². The molecule has 1 aliphatic rings. The van der Waals surface area contributed by atoms with Gasteiger partial charge in [0.15, 0.2) is 9.84 Å². The summed E-state index contributed by atoms with van der Waals surface area (Å²) in [6, 6.07) is 10.0. The van der Waals surface area contributed by atoms with Crippen molar-refractivity contribution in [3.05, 3.63) is 42.2 Å². The highest BCUT2D eigenvalue weighted by molar-refractivity contribution is 7.92. The van der Waals surface area contributed by atoms with Gasteiger partial charge in [-0.3, -0.25) is 0 Å². The predicted molar refractivity (Wildman–Crippen MR) is 72.8 cm³/mol. The van der Waals surface area contributed by atoms with Crippen molar-refractivity contribution >= 4 is 15.4 Å². The molecule has 2 rings (SSSR count). The van der Waals surface area contributed by atoms with Gasteiger partial charge in [0.1, 0.15) is 0 Å². The molecule has 1 aliphatic heterocycles. The molecule has 18 heavy (non-hydrogen) atoms. The van der Waals surface area contributed by atoms with Gasteiger partial charge in [0.05, 0.1) is 24.4 Å². The van der Waals surface area contributed by atoms with Crippen LogP contribution in [0, 0.1) is 5.92 Å². The fourth-order valence-electron chi connectivity index (χ4n) is 2.02. The molecule has 0 spiro atoms. The number of ether oxygens (including phenoxy) is 1. The molecule has 1 fully saturated rings. The summed E-state index contributed by atoms with van der Waals surface area (Å²) in [7, 11) is -2.70. The van der Waals surface area contributed by atoms with Crippen molar-refractivity contribution in [3.8, 4) is 0 Å². The summed E-state index contributed by atoms with van der Waals surface area (Å²) in [5, 5.41) is 0. The number of benzene rings is 1. The van der Waals surface area contributed by atoms with E-state index in [9.17, 15) is 8.42 Å². The molecule has 4 heteroatoms. The summed E-state index contributed by atoms with van der Waals surface area (Å²) >= 11 is 0. The van der Waals surface area contributed by atoms with Gasteiger partial charge in [-0.2, -0.15) is 0 Å². The topological polar surface area (TPSA) is 43.4 Å². The molecule has 0 unspecified atom stereocenters. The lowest BCUT2D eigenvalue weighted by Crippen LogP contribution is -2.36. The van der Waals surface area contributed by atoms with Gasteiger partial charge in [-0.15, -0.1) is 0 Å². The van der Waals surface area contributed by atoms with Crippen LogP contribution in [-0.2, 0) is 14.6 Å². The third kappa shape index (κ3) is 3.60. The fourth-order valence-corrected chi connectivity index (χ4v) is 3.70. The average molecular weight is 266 g/mol. The lowest BCUT2D eigenvalue weighted by Gasteiger charge is -2.25. The van der Waals surface area contributed by atoms with Gasteiger partial charge in [0, 0.05) is 0 Å². The molecule has 0 aromatic heterocycles. The summed E-state index contributed by atoms with van der Waals surface area (Å²) < 4.78 is 27.4. The van der Waals surface area contributed by atoms with Crippen LogP contribution >= 0.6 is 0 Å². The van der Waals surface area contributed by atoms with E-state index in [0.717, 1.165) is 17.6 Å². The van der Waals surface area contributed by atoms with Crippen LogP contribution in [0.2, 0.25) is 0 Å². The number of allylic oxidation sites excluding steroid dienone is 1. The average Bonchev–Trinajstić information content (AvgIpc) is 2.33. The quantitative estimate of drug-likeness (QED) is 0.607. The molecule has 1 aromatic rings. The largest absolute Gasteiger partial charge is 0.501 e. The van der Waals surface area contributed by atoms with E-state index in [-0.39, 0.29) is 0 Å². The highest BCUT2D eigenvalue weighted by Crippen LogP contribution is 2.21. The molecule has 1 aromatic carbocycles. The maximum Gasteiger partial charge on any atom is 0.150 e. The van der Waals surface area contributed by atoms with Crippen molar-refractivity contribution < 1.29 is 13.2 Å². The van der Waals surface area contributed by atoms with Crippen LogP contribution in [-0.4, -0.2) is 26.5 Å². The molecule has 0 aliphatic carbocycles. The predicted octanol–water partition coefficient (Wildman–Crippen LogP) is 2.50. The third-order valence-electron chi connectivity index (χ3n) is 3.11. The van der Waals surface area contributed by atoms with Crippen LogP contribution in [0.1, 0.15) is 18.9 Å². The molecule has 0 bridgehead atoms. The first kappa shape index (κ1) is 13.1. The van der Waals surface area contributed by atoms with Crippen LogP contribution in [0.3, 0.4) is 0 Å². The Morgan fingerprint density at radius 1 is 1.33 bits per heavy atom. The van der Waals surface area contributed by atoms with Crippen molar-refractivity contribution in [3.63, 3.8) is 0 Å². The van der Waals surface area contributed by atoms with Crippen molar-refractivity contribution in [2.24, 2.45) is 5.92 Å². The standard InChI is InChI=1S/C14H18O3S/c1-12(14-5-3-2-4-6-14)9-17-8-7-13-10-18(15,16)11-13/h2-6,9,13H,7-8,10-11H2,1H3/b12-9-. The number of hydrogen-bond acceptors (Lipinski definition) is 3. The highest BCUT2D eigenvalue weighted by atomic mass is 32.2. The molecular weight excluding hydrogens is 248 g/mol. The Hall–Kier alpha value is -1.29. The highest BCUT2D eigenvalue weighted by Gasteiger charge is 2.32. The first-order chi connectivity index (χ1) is 8.57. The second kappa shape index (κ2) is 5.57. The zero-order valence-corrected chi connectivity index (χ0v) is 11.3. The molecule has 1 saturated heterocycles. The summed E-state index contributed by atoms with van der Waals surface area (Å²) in [5.41, 5.74) is 2.22. The second-order valence-corrected chi connectivity index (χ2v) is 6.92. The maximum absolute atomic E-state index is 11.0. The van der Waals surface area contributed by atoms with E-state index < -0.39 is 9.84 Å². The summed E-state index contributed by atoms with van der Waals surface area (Å²) in [6.07, 6.45) is 2.57. The van der Waals surface area contributed by atoms with E-state index in [1.54, 1.807) is 6.26 Å². The smallest absolute Gasteiger partial charge is 0.150 e. The maximum atomic E-state index is 11.0. The Morgan fingerprint density at radius 3 is 2.61 bits per heavy atom. The fraction of sp³-hybridized carbons (Fsp3) is 0.429. The van der Waals surface area contributed by atoms with Crippen molar-refractivity contribution in [2.45, 2.75) is 13.3 Å². The van der Waals surface area contributed by atoms with Crippen LogP contribution in [0.5, 0.6) is 0 Å². The van der Waals surface area contributed by atoms with E-state index >= 15 is 0 Å². The summed E-state index contributed by atoms with van der Waals surface area (Å²) in [6.45, 7) is 2.59. The third-order valence-corrected chi connectivity index (χ3v) is 5.07. The van der Waals surface area contributed by atoms with Crippen LogP contribution in [0.15, 0.2) is 36.6 Å². The van der Waals surface area contributed by atoms with E-state index in [0.29, 0.717) is 24.0 Å². The minimum atomic E-state index is -2.70. The molecule has 0 N–H and O–H groups in total. The number of sulfone groups is 1. The van der Waals surface area contributed by atoms with Crippen LogP contribution in [0.25, 0.3) is 5.57 Å². The summed E-state index contributed by atoms with van der Waals surface area (Å²) in [4.78, 5) is 0. The lowest BCUT2D eigenvalue weighted by atomic mass is 10.1. The normalized spacial score (nSPS) is 19.3. The number of hydrogen-bond donors (Lipinski definition) is 0. The summed E-state index contributed by atoms with van der Waals surface area (Å²) in [5.74, 6) is 0.954. The Kier molecular flexibility index (Phi) is 4.07.